The van der Waals surface area contributed by atoms with Gasteiger partial charge in [0.25, 0.3) is 0 Å². The fourth-order valence-electron chi connectivity index (χ4n) is 4.72. The van der Waals surface area contributed by atoms with Gasteiger partial charge in [-0.25, -0.2) is 14.5 Å². The Morgan fingerprint density at radius 3 is 2.27 bits per heavy atom. The Labute approximate surface area is 250 Å². The Morgan fingerprint density at radius 2 is 1.61 bits per heavy atom. The number of rotatable bonds is 11. The third-order valence-electron chi connectivity index (χ3n) is 6.66. The number of carbonyl (C=O) groups excluding carboxylic acids is 1. The summed E-state index contributed by atoms with van der Waals surface area (Å²) in [6.07, 6.45) is -9.34. The third-order valence-corrected chi connectivity index (χ3v) is 6.66. The van der Waals surface area contributed by atoms with E-state index < -0.39 is 42.1 Å². The zero-order chi connectivity index (χ0) is 32.1. The van der Waals surface area contributed by atoms with Gasteiger partial charge in [0.05, 0.1) is 24.6 Å². The third kappa shape index (κ3) is 8.39. The summed E-state index contributed by atoms with van der Waals surface area (Å²) >= 11 is 0. The van der Waals surface area contributed by atoms with Gasteiger partial charge in [0.15, 0.2) is 11.5 Å². The zero-order valence-electron chi connectivity index (χ0n) is 24.2. The summed E-state index contributed by atoms with van der Waals surface area (Å²) in [4.78, 5) is 16.9. The van der Waals surface area contributed by atoms with Gasteiger partial charge in [-0.2, -0.15) is 31.4 Å². The van der Waals surface area contributed by atoms with Crippen LogP contribution in [0.4, 0.5) is 26.3 Å². The minimum Gasteiger partial charge on any atom is -0.494 e. The number of pyridine rings is 1. The molecule has 6 nitrogen and oxygen atoms in total. The van der Waals surface area contributed by atoms with Gasteiger partial charge in [0, 0.05) is 12.0 Å². The van der Waals surface area contributed by atoms with Crippen LogP contribution >= 0.6 is 0 Å². The summed E-state index contributed by atoms with van der Waals surface area (Å²) in [7, 11) is 0. The van der Waals surface area contributed by atoms with Crippen LogP contribution in [0.5, 0.6) is 5.75 Å². The van der Waals surface area contributed by atoms with Crippen molar-refractivity contribution < 1.29 is 40.6 Å². The molecule has 0 aliphatic heterocycles. The first kappa shape index (κ1) is 32.6. The summed E-state index contributed by atoms with van der Waals surface area (Å²) in [5.74, 6) is -0.813. The minimum atomic E-state index is -4.91. The van der Waals surface area contributed by atoms with Crippen LogP contribution in [0.1, 0.15) is 66.7 Å². The van der Waals surface area contributed by atoms with E-state index in [1.54, 1.807) is 30.3 Å². The monoisotopic (exact) mass is 619 g/mol. The smallest absolute Gasteiger partial charge is 0.434 e. The zero-order valence-corrected chi connectivity index (χ0v) is 24.2. The highest BCUT2D eigenvalue weighted by Gasteiger charge is 2.41. The second kappa shape index (κ2) is 13.5. The molecule has 0 spiro atoms. The molecular formula is C32H31F6N3O3. The molecule has 0 amide bonds. The Balaban J connectivity index is 1.55. The lowest BCUT2D eigenvalue weighted by atomic mass is 9.89. The molecule has 2 heterocycles. The van der Waals surface area contributed by atoms with Gasteiger partial charge in [-0.05, 0) is 68.0 Å². The number of halogens is 6. The number of carbonyl (C=O) groups is 1. The van der Waals surface area contributed by atoms with Crippen LogP contribution in [0, 0.1) is 0 Å². The minimum absolute atomic E-state index is 0.0388. The highest BCUT2D eigenvalue weighted by Crippen LogP contribution is 2.35. The lowest BCUT2D eigenvalue weighted by Gasteiger charge is -2.18. The first-order valence-electron chi connectivity index (χ1n) is 13.9. The molecule has 4 aromatic rings. The highest BCUT2D eigenvalue weighted by molar-refractivity contribution is 5.91. The quantitative estimate of drug-likeness (QED) is 0.0956. The average Bonchev–Trinajstić information content (AvgIpc) is 3.42. The van der Waals surface area contributed by atoms with Crippen molar-refractivity contribution in [1.82, 2.24) is 14.8 Å². The van der Waals surface area contributed by atoms with Crippen LogP contribution in [0.25, 0.3) is 17.1 Å². The second-order valence-corrected chi connectivity index (χ2v) is 10.6. The van der Waals surface area contributed by atoms with Crippen molar-refractivity contribution in [3.63, 3.8) is 0 Å². The molecule has 0 fully saturated rings. The Morgan fingerprint density at radius 1 is 0.909 bits per heavy atom. The second-order valence-electron chi connectivity index (χ2n) is 10.6. The molecule has 0 radical (unpaired) electrons. The molecule has 0 N–H and O–H groups in total. The molecule has 2 aromatic heterocycles. The van der Waals surface area contributed by atoms with Gasteiger partial charge in [-0.15, -0.1) is 0 Å². The molecule has 2 aromatic carbocycles. The van der Waals surface area contributed by atoms with Gasteiger partial charge < -0.3 is 9.47 Å². The molecule has 1 unspecified atom stereocenters. The summed E-state index contributed by atoms with van der Waals surface area (Å²) in [5, 5.41) is 3.84. The fraction of sp³-hybridized carbons (Fsp3) is 0.344. The maximum Gasteiger partial charge on any atom is 0.434 e. The molecule has 0 saturated heterocycles. The van der Waals surface area contributed by atoms with Gasteiger partial charge in [-0.3, -0.25) is 0 Å². The Bertz CT molecular complexity index is 1560. The maximum absolute atomic E-state index is 14.1. The number of aromatic nitrogens is 3. The van der Waals surface area contributed by atoms with Crippen LogP contribution < -0.4 is 4.74 Å². The lowest BCUT2D eigenvalue weighted by molar-refractivity contribution is -0.143. The van der Waals surface area contributed by atoms with Crippen LogP contribution in [-0.2, 0) is 17.3 Å². The Kier molecular flexibility index (Phi) is 10.0. The van der Waals surface area contributed by atoms with Crippen molar-refractivity contribution in [2.45, 2.75) is 64.4 Å². The van der Waals surface area contributed by atoms with E-state index in [4.69, 9.17) is 9.47 Å². The number of hydrogen-bond donors (Lipinski definition) is 0. The summed E-state index contributed by atoms with van der Waals surface area (Å²) in [6, 6.07) is 19.1. The van der Waals surface area contributed by atoms with Crippen LogP contribution in [-0.4, -0.2) is 39.6 Å². The van der Waals surface area contributed by atoms with Crippen LogP contribution in [0.3, 0.4) is 0 Å². The maximum atomic E-state index is 14.1. The van der Waals surface area contributed by atoms with Crippen molar-refractivity contribution in [1.29, 1.82) is 0 Å². The molecule has 0 saturated carbocycles. The normalized spacial score (nSPS) is 12.8. The molecule has 12 heteroatoms. The SMILES string of the molecule is CC(C)OC(=O)c1cnn(-c2cccc(-c3ccccc3C(C)Cc3ccc(OCCCC(F)(F)F)cc3)n2)c1C(F)(F)F. The number of esters is 1. The van der Waals surface area contributed by atoms with Crippen LogP contribution in [0.15, 0.2) is 72.9 Å². The molecule has 4 rings (SSSR count). The van der Waals surface area contributed by atoms with Gasteiger partial charge >= 0.3 is 18.3 Å². The van der Waals surface area contributed by atoms with E-state index in [1.165, 1.54) is 19.9 Å². The Hall–Kier alpha value is -4.35. The average molecular weight is 620 g/mol. The van der Waals surface area contributed by atoms with Crippen molar-refractivity contribution in [3.05, 3.63) is 95.3 Å². The number of alkyl halides is 6. The highest BCUT2D eigenvalue weighted by atomic mass is 19.4. The van der Waals surface area contributed by atoms with Crippen LogP contribution in [0.2, 0.25) is 0 Å². The van der Waals surface area contributed by atoms with E-state index in [-0.39, 0.29) is 24.8 Å². The molecule has 44 heavy (non-hydrogen) atoms. The van der Waals surface area contributed by atoms with E-state index in [1.807, 2.05) is 37.3 Å². The summed E-state index contributed by atoms with van der Waals surface area (Å²) in [5.41, 5.74) is 1.02. The van der Waals surface area contributed by atoms with Crippen molar-refractivity contribution in [3.8, 4) is 22.8 Å². The first-order valence-corrected chi connectivity index (χ1v) is 13.9. The molecule has 234 valence electrons. The lowest BCUT2D eigenvalue weighted by Crippen LogP contribution is -2.20. The molecule has 1 atom stereocenters. The predicted molar refractivity (Wildman–Crippen MR) is 152 cm³/mol. The summed E-state index contributed by atoms with van der Waals surface area (Å²) in [6.45, 7) is 5.04. The number of benzene rings is 2. The van der Waals surface area contributed by atoms with E-state index in [0.717, 1.165) is 17.3 Å². The van der Waals surface area contributed by atoms with Crippen molar-refractivity contribution >= 4 is 5.97 Å². The predicted octanol–water partition coefficient (Wildman–Crippen LogP) is 8.59. The molecular weight excluding hydrogens is 588 g/mol. The first-order chi connectivity index (χ1) is 20.7. The van der Waals surface area contributed by atoms with Gasteiger partial charge in [-0.1, -0.05) is 49.4 Å². The molecule has 0 aliphatic rings. The topological polar surface area (TPSA) is 66.2 Å². The van der Waals surface area contributed by atoms with E-state index in [9.17, 15) is 31.1 Å². The number of ether oxygens (including phenoxy) is 2. The van der Waals surface area contributed by atoms with Gasteiger partial charge in [0.1, 0.15) is 11.3 Å². The molecule has 0 bridgehead atoms. The number of nitrogens with zero attached hydrogens (tertiary/aromatic N) is 3. The van der Waals surface area contributed by atoms with E-state index in [2.05, 4.69) is 10.1 Å². The van der Waals surface area contributed by atoms with Crippen molar-refractivity contribution in [2.24, 2.45) is 0 Å². The largest absolute Gasteiger partial charge is 0.494 e. The number of hydrogen-bond acceptors (Lipinski definition) is 5. The fourth-order valence-corrected chi connectivity index (χ4v) is 4.72. The van der Waals surface area contributed by atoms with Gasteiger partial charge in [0.2, 0.25) is 0 Å². The van der Waals surface area contributed by atoms with E-state index >= 15 is 0 Å². The van der Waals surface area contributed by atoms with E-state index in [0.29, 0.717) is 28.1 Å². The summed E-state index contributed by atoms with van der Waals surface area (Å²) < 4.78 is 90.4. The standard InChI is InChI=1S/C32H31F6N3O3/c1-20(2)44-30(42)26-19-39-41(29(26)32(36,37)38)28-11-6-10-27(40-28)25-9-5-4-8-24(25)21(3)18-22-12-14-23(15-13-22)43-17-7-16-31(33,34)35/h4-6,8-15,19-21H,7,16-18H2,1-3H3. The molecule has 0 aliphatic carbocycles. The van der Waals surface area contributed by atoms with Crippen molar-refractivity contribution in [2.75, 3.05) is 6.61 Å².